The lowest BCUT2D eigenvalue weighted by atomic mass is 10.2. The minimum atomic E-state index is -0.707. The summed E-state index contributed by atoms with van der Waals surface area (Å²) in [4.78, 5) is 25.9. The molecule has 0 bridgehead atoms. The highest BCUT2D eigenvalue weighted by Gasteiger charge is 2.22. The van der Waals surface area contributed by atoms with Crippen molar-refractivity contribution in [2.45, 2.75) is 45.4 Å². The lowest BCUT2D eigenvalue weighted by Gasteiger charge is -2.21. The Morgan fingerprint density at radius 2 is 2.08 bits per heavy atom. The zero-order chi connectivity index (χ0) is 18.1. The standard InChI is InChI=1S/C19H27NO5/c1-3-20(12-16-8-5-4-6-9-16)18(21)14-25-19(22)15(2)24-13-17-10-7-11-23-17/h4-6,8-9,15,17H,3,7,10-14H2,1-2H3. The molecule has 138 valence electrons. The Bertz CT molecular complexity index is 542. The van der Waals surface area contributed by atoms with E-state index in [0.29, 0.717) is 19.7 Å². The van der Waals surface area contributed by atoms with Crippen LogP contribution in [0.2, 0.25) is 0 Å². The molecule has 0 radical (unpaired) electrons. The van der Waals surface area contributed by atoms with Gasteiger partial charge in [-0.2, -0.15) is 0 Å². The molecule has 1 aliphatic rings. The van der Waals surface area contributed by atoms with Crippen LogP contribution in [0.1, 0.15) is 32.3 Å². The van der Waals surface area contributed by atoms with Crippen molar-refractivity contribution in [3.8, 4) is 0 Å². The minimum Gasteiger partial charge on any atom is -0.454 e. The molecule has 1 aromatic carbocycles. The van der Waals surface area contributed by atoms with E-state index in [1.165, 1.54) is 0 Å². The van der Waals surface area contributed by atoms with Crippen molar-refractivity contribution in [3.63, 3.8) is 0 Å². The molecule has 1 saturated heterocycles. The highest BCUT2D eigenvalue weighted by Crippen LogP contribution is 2.13. The number of likely N-dealkylation sites (N-methyl/N-ethyl adjacent to an activating group) is 1. The number of amides is 1. The van der Waals surface area contributed by atoms with E-state index in [0.717, 1.165) is 25.0 Å². The zero-order valence-corrected chi connectivity index (χ0v) is 15.0. The van der Waals surface area contributed by atoms with Gasteiger partial charge in [-0.05, 0) is 32.3 Å². The van der Waals surface area contributed by atoms with E-state index in [1.54, 1.807) is 11.8 Å². The third-order valence-electron chi connectivity index (χ3n) is 4.18. The summed E-state index contributed by atoms with van der Waals surface area (Å²) >= 11 is 0. The average molecular weight is 349 g/mol. The number of carbonyl (C=O) groups is 2. The van der Waals surface area contributed by atoms with Crippen molar-refractivity contribution < 1.29 is 23.8 Å². The Labute approximate surface area is 149 Å². The number of benzene rings is 1. The molecule has 0 N–H and O–H groups in total. The Balaban J connectivity index is 1.72. The summed E-state index contributed by atoms with van der Waals surface area (Å²) in [5.41, 5.74) is 1.04. The van der Waals surface area contributed by atoms with Gasteiger partial charge in [-0.3, -0.25) is 4.79 Å². The number of carbonyl (C=O) groups excluding carboxylic acids is 2. The largest absolute Gasteiger partial charge is 0.454 e. The quantitative estimate of drug-likeness (QED) is 0.639. The third kappa shape index (κ3) is 6.48. The summed E-state index contributed by atoms with van der Waals surface area (Å²) in [5.74, 6) is -0.742. The van der Waals surface area contributed by atoms with Gasteiger partial charge >= 0.3 is 5.97 Å². The fraction of sp³-hybridized carbons (Fsp3) is 0.579. The van der Waals surface area contributed by atoms with Crippen molar-refractivity contribution in [1.82, 2.24) is 4.90 Å². The second-order valence-electron chi connectivity index (χ2n) is 6.11. The Hall–Kier alpha value is -1.92. The Morgan fingerprint density at radius 3 is 2.72 bits per heavy atom. The summed E-state index contributed by atoms with van der Waals surface area (Å²) in [5, 5.41) is 0. The monoisotopic (exact) mass is 349 g/mol. The Kier molecular flexibility index (Phi) is 7.88. The molecule has 0 spiro atoms. The molecule has 0 saturated carbocycles. The highest BCUT2D eigenvalue weighted by molar-refractivity contribution is 5.81. The summed E-state index contributed by atoms with van der Waals surface area (Å²) in [6.45, 7) is 5.43. The van der Waals surface area contributed by atoms with Gasteiger partial charge in [0.2, 0.25) is 0 Å². The van der Waals surface area contributed by atoms with Crippen LogP contribution in [-0.4, -0.2) is 55.3 Å². The SMILES string of the molecule is CCN(Cc1ccccc1)C(=O)COC(=O)C(C)OCC1CCCO1. The first kappa shape index (κ1) is 19.4. The molecule has 1 aliphatic heterocycles. The van der Waals surface area contributed by atoms with Crippen LogP contribution in [0.5, 0.6) is 0 Å². The molecule has 1 amide bonds. The van der Waals surface area contributed by atoms with Crippen molar-refractivity contribution >= 4 is 11.9 Å². The second-order valence-corrected chi connectivity index (χ2v) is 6.11. The summed E-state index contributed by atoms with van der Waals surface area (Å²) < 4.78 is 16.0. The van der Waals surface area contributed by atoms with Crippen LogP contribution in [0.3, 0.4) is 0 Å². The van der Waals surface area contributed by atoms with Gasteiger partial charge in [0.05, 0.1) is 12.7 Å². The Morgan fingerprint density at radius 1 is 1.32 bits per heavy atom. The highest BCUT2D eigenvalue weighted by atomic mass is 16.6. The van der Waals surface area contributed by atoms with E-state index >= 15 is 0 Å². The molecule has 2 rings (SSSR count). The maximum atomic E-state index is 12.3. The number of ether oxygens (including phenoxy) is 3. The van der Waals surface area contributed by atoms with Gasteiger partial charge < -0.3 is 19.1 Å². The van der Waals surface area contributed by atoms with Gasteiger partial charge in [-0.15, -0.1) is 0 Å². The molecule has 1 aromatic rings. The molecule has 0 aliphatic carbocycles. The van der Waals surface area contributed by atoms with E-state index < -0.39 is 12.1 Å². The van der Waals surface area contributed by atoms with E-state index in [2.05, 4.69) is 0 Å². The molecule has 1 fully saturated rings. The molecule has 6 nitrogen and oxygen atoms in total. The van der Waals surface area contributed by atoms with E-state index in [4.69, 9.17) is 14.2 Å². The third-order valence-corrected chi connectivity index (χ3v) is 4.18. The molecule has 0 aromatic heterocycles. The van der Waals surface area contributed by atoms with Gasteiger partial charge in [0.1, 0.15) is 0 Å². The fourth-order valence-corrected chi connectivity index (χ4v) is 2.62. The van der Waals surface area contributed by atoms with Crippen LogP contribution in [-0.2, 0) is 30.3 Å². The fourth-order valence-electron chi connectivity index (χ4n) is 2.62. The first-order chi connectivity index (χ1) is 12.1. The number of esters is 1. The van der Waals surface area contributed by atoms with Crippen molar-refractivity contribution in [1.29, 1.82) is 0 Å². The molecule has 2 unspecified atom stereocenters. The van der Waals surface area contributed by atoms with Crippen LogP contribution in [0.4, 0.5) is 0 Å². The predicted molar refractivity (Wildman–Crippen MR) is 92.9 cm³/mol. The van der Waals surface area contributed by atoms with Crippen LogP contribution >= 0.6 is 0 Å². The summed E-state index contributed by atoms with van der Waals surface area (Å²) in [7, 11) is 0. The predicted octanol–water partition coefficient (Wildman–Crippen LogP) is 2.16. The first-order valence-electron chi connectivity index (χ1n) is 8.81. The van der Waals surface area contributed by atoms with Gasteiger partial charge in [0.15, 0.2) is 12.7 Å². The second kappa shape index (κ2) is 10.2. The van der Waals surface area contributed by atoms with E-state index in [1.807, 2.05) is 37.3 Å². The normalized spacial score (nSPS) is 17.9. The van der Waals surface area contributed by atoms with Crippen LogP contribution < -0.4 is 0 Å². The molecule has 6 heteroatoms. The molecular weight excluding hydrogens is 322 g/mol. The maximum absolute atomic E-state index is 12.3. The molecule has 1 heterocycles. The number of nitrogens with zero attached hydrogens (tertiary/aromatic N) is 1. The topological polar surface area (TPSA) is 65.1 Å². The zero-order valence-electron chi connectivity index (χ0n) is 15.0. The maximum Gasteiger partial charge on any atom is 0.335 e. The van der Waals surface area contributed by atoms with E-state index in [9.17, 15) is 9.59 Å². The van der Waals surface area contributed by atoms with Gasteiger partial charge in [0.25, 0.3) is 5.91 Å². The lowest BCUT2D eigenvalue weighted by molar-refractivity contribution is -0.162. The van der Waals surface area contributed by atoms with Crippen LogP contribution in [0.25, 0.3) is 0 Å². The van der Waals surface area contributed by atoms with Crippen molar-refractivity contribution in [2.75, 3.05) is 26.4 Å². The number of rotatable bonds is 9. The minimum absolute atomic E-state index is 0.0540. The molecule has 2 atom stereocenters. The first-order valence-corrected chi connectivity index (χ1v) is 8.81. The number of hydrogen-bond donors (Lipinski definition) is 0. The summed E-state index contributed by atoms with van der Waals surface area (Å²) in [6.07, 6.45) is 1.32. The van der Waals surface area contributed by atoms with Crippen molar-refractivity contribution in [2.24, 2.45) is 0 Å². The lowest BCUT2D eigenvalue weighted by Crippen LogP contribution is -2.36. The molecule has 25 heavy (non-hydrogen) atoms. The average Bonchev–Trinajstić information content (AvgIpc) is 3.16. The van der Waals surface area contributed by atoms with Gasteiger partial charge in [0, 0.05) is 19.7 Å². The summed E-state index contributed by atoms with van der Waals surface area (Å²) in [6, 6.07) is 9.72. The van der Waals surface area contributed by atoms with Gasteiger partial charge in [-0.25, -0.2) is 4.79 Å². The van der Waals surface area contributed by atoms with Crippen LogP contribution in [0, 0.1) is 0 Å². The van der Waals surface area contributed by atoms with Crippen molar-refractivity contribution in [3.05, 3.63) is 35.9 Å². The number of hydrogen-bond acceptors (Lipinski definition) is 5. The molecular formula is C19H27NO5. The smallest absolute Gasteiger partial charge is 0.335 e. The van der Waals surface area contributed by atoms with E-state index in [-0.39, 0.29) is 18.6 Å². The van der Waals surface area contributed by atoms with Crippen LogP contribution in [0.15, 0.2) is 30.3 Å². The van der Waals surface area contributed by atoms with Gasteiger partial charge in [-0.1, -0.05) is 30.3 Å².